The molecule has 2 atom stereocenters. The van der Waals surface area contributed by atoms with E-state index in [9.17, 15) is 4.79 Å². The number of carbonyl (C=O) groups excluding carboxylic acids is 1. The molecule has 1 unspecified atom stereocenters. The molecule has 0 spiro atoms. The van der Waals surface area contributed by atoms with Crippen LogP contribution in [0.1, 0.15) is 19.4 Å². The molecule has 1 aliphatic heterocycles. The summed E-state index contributed by atoms with van der Waals surface area (Å²) in [4.78, 5) is 16.7. The van der Waals surface area contributed by atoms with Crippen LogP contribution in [0.5, 0.6) is 0 Å². The Bertz CT molecular complexity index is 444. The molecule has 1 aromatic rings. The van der Waals surface area contributed by atoms with E-state index in [0.717, 1.165) is 26.2 Å². The maximum atomic E-state index is 12.6. The molecular weight excluding hydrogens is 321 g/mol. The fraction of sp³-hybridized carbons (Fsp3) is 0.562. The molecule has 1 saturated heterocycles. The van der Waals surface area contributed by atoms with E-state index in [1.165, 1.54) is 5.56 Å². The quantitative estimate of drug-likeness (QED) is 0.906. The van der Waals surface area contributed by atoms with Crippen molar-refractivity contribution in [2.24, 2.45) is 0 Å². The first-order chi connectivity index (χ1) is 9.59. The summed E-state index contributed by atoms with van der Waals surface area (Å²) in [5.41, 5.74) is 1.24. The first-order valence-electron chi connectivity index (χ1n) is 7.35. The van der Waals surface area contributed by atoms with Gasteiger partial charge in [0.1, 0.15) is 0 Å². The van der Waals surface area contributed by atoms with Crippen LogP contribution in [-0.2, 0) is 11.3 Å². The van der Waals surface area contributed by atoms with Gasteiger partial charge in [-0.2, -0.15) is 0 Å². The third-order valence-electron chi connectivity index (χ3n) is 4.08. The lowest BCUT2D eigenvalue weighted by Crippen LogP contribution is -2.56. The van der Waals surface area contributed by atoms with Gasteiger partial charge < -0.3 is 10.2 Å². The molecule has 1 aromatic carbocycles. The highest BCUT2D eigenvalue weighted by Gasteiger charge is 2.28. The van der Waals surface area contributed by atoms with E-state index in [0.29, 0.717) is 0 Å². The second-order valence-electron chi connectivity index (χ2n) is 5.66. The smallest absolute Gasteiger partial charge is 0.239 e. The minimum Gasteiger partial charge on any atom is -0.336 e. The number of rotatable bonds is 4. The summed E-state index contributed by atoms with van der Waals surface area (Å²) >= 11 is 0. The number of hydrogen-bond acceptors (Lipinski definition) is 3. The van der Waals surface area contributed by atoms with Crippen LogP contribution in [0.3, 0.4) is 0 Å². The maximum Gasteiger partial charge on any atom is 0.239 e. The van der Waals surface area contributed by atoms with E-state index >= 15 is 0 Å². The molecule has 1 aliphatic rings. The van der Waals surface area contributed by atoms with Crippen molar-refractivity contribution in [1.29, 1.82) is 0 Å². The van der Waals surface area contributed by atoms with Gasteiger partial charge in [0, 0.05) is 32.2 Å². The van der Waals surface area contributed by atoms with Crippen molar-refractivity contribution in [3.05, 3.63) is 35.9 Å². The highest BCUT2D eigenvalue weighted by molar-refractivity contribution is 5.85. The minimum absolute atomic E-state index is 0. The van der Waals surface area contributed by atoms with Crippen molar-refractivity contribution in [3.63, 3.8) is 0 Å². The minimum atomic E-state index is -0.0873. The fourth-order valence-electron chi connectivity index (χ4n) is 2.61. The van der Waals surface area contributed by atoms with Gasteiger partial charge in [-0.15, -0.1) is 24.8 Å². The Hall–Kier alpha value is -0.810. The van der Waals surface area contributed by atoms with Crippen LogP contribution in [0, 0.1) is 0 Å². The number of nitrogens with one attached hydrogen (secondary N) is 1. The largest absolute Gasteiger partial charge is 0.336 e. The lowest BCUT2D eigenvalue weighted by atomic mass is 10.1. The van der Waals surface area contributed by atoms with E-state index in [1.807, 2.05) is 37.1 Å². The lowest BCUT2D eigenvalue weighted by molar-refractivity contribution is -0.139. The number of carbonyl (C=O) groups is 1. The van der Waals surface area contributed by atoms with Crippen molar-refractivity contribution >= 4 is 30.7 Å². The third-order valence-corrected chi connectivity index (χ3v) is 4.08. The zero-order valence-electron chi connectivity index (χ0n) is 13.5. The normalized spacial score (nSPS) is 19.1. The first-order valence-corrected chi connectivity index (χ1v) is 7.35. The molecule has 1 fully saturated rings. The highest BCUT2D eigenvalue weighted by atomic mass is 35.5. The van der Waals surface area contributed by atoms with Gasteiger partial charge in [-0.3, -0.25) is 9.69 Å². The molecule has 0 aliphatic carbocycles. The average molecular weight is 348 g/mol. The monoisotopic (exact) mass is 347 g/mol. The summed E-state index contributed by atoms with van der Waals surface area (Å²) in [6.07, 6.45) is 0. The van der Waals surface area contributed by atoms with Gasteiger partial charge in [0.05, 0.1) is 6.04 Å². The standard InChI is InChI=1S/C16H25N3O.2ClH/c1-13-11-17-9-10-19(13)16(20)14(2)18(3)12-15-7-5-4-6-8-15;;/h4-8,13-14,17H,9-12H2,1-3H3;2*1H/t13-,14?;;/m1../s1. The summed E-state index contributed by atoms with van der Waals surface area (Å²) < 4.78 is 0. The van der Waals surface area contributed by atoms with Crippen molar-refractivity contribution in [1.82, 2.24) is 15.1 Å². The number of halogens is 2. The molecule has 1 heterocycles. The number of piperazine rings is 1. The molecule has 0 radical (unpaired) electrons. The van der Waals surface area contributed by atoms with Crippen LogP contribution in [0.2, 0.25) is 0 Å². The second kappa shape index (κ2) is 10.1. The summed E-state index contributed by atoms with van der Waals surface area (Å²) in [7, 11) is 2.02. The van der Waals surface area contributed by atoms with Gasteiger partial charge >= 0.3 is 0 Å². The second-order valence-corrected chi connectivity index (χ2v) is 5.66. The van der Waals surface area contributed by atoms with Crippen LogP contribution in [-0.4, -0.2) is 54.5 Å². The summed E-state index contributed by atoms with van der Waals surface area (Å²) in [6, 6.07) is 10.5. The molecule has 6 heteroatoms. The van der Waals surface area contributed by atoms with Crippen molar-refractivity contribution < 1.29 is 4.79 Å². The van der Waals surface area contributed by atoms with E-state index in [1.54, 1.807) is 0 Å². The number of amides is 1. The Morgan fingerprint density at radius 3 is 2.59 bits per heavy atom. The van der Waals surface area contributed by atoms with Crippen LogP contribution in [0.25, 0.3) is 0 Å². The average Bonchev–Trinajstić information content (AvgIpc) is 2.47. The Morgan fingerprint density at radius 2 is 2.00 bits per heavy atom. The number of hydrogen-bond donors (Lipinski definition) is 1. The van der Waals surface area contributed by atoms with Gasteiger partial charge in [-0.25, -0.2) is 0 Å². The SMILES string of the molecule is CC(C(=O)N1CCNC[C@H]1C)N(C)Cc1ccccc1.Cl.Cl. The Kier molecular flexibility index (Phi) is 9.69. The molecule has 0 bridgehead atoms. The molecule has 2 rings (SSSR count). The Morgan fingerprint density at radius 1 is 1.36 bits per heavy atom. The van der Waals surface area contributed by atoms with Gasteiger partial charge in [0.2, 0.25) is 5.91 Å². The molecule has 0 saturated carbocycles. The summed E-state index contributed by atoms with van der Waals surface area (Å²) in [6.45, 7) is 7.50. The topological polar surface area (TPSA) is 35.6 Å². The Balaban J connectivity index is 0.00000220. The summed E-state index contributed by atoms with van der Waals surface area (Å²) in [5.74, 6) is 0.234. The van der Waals surface area contributed by atoms with Gasteiger partial charge in [0.15, 0.2) is 0 Å². The lowest BCUT2D eigenvalue weighted by Gasteiger charge is -2.37. The zero-order chi connectivity index (χ0) is 14.5. The maximum absolute atomic E-state index is 12.6. The van der Waals surface area contributed by atoms with E-state index in [2.05, 4.69) is 29.3 Å². The molecule has 1 amide bonds. The Labute approximate surface area is 146 Å². The first kappa shape index (κ1) is 21.2. The molecule has 0 aromatic heterocycles. The van der Waals surface area contributed by atoms with Crippen LogP contribution in [0.15, 0.2) is 30.3 Å². The predicted octanol–water partition coefficient (Wildman–Crippen LogP) is 2.17. The van der Waals surface area contributed by atoms with Crippen LogP contribution in [0.4, 0.5) is 0 Å². The number of benzene rings is 1. The highest BCUT2D eigenvalue weighted by Crippen LogP contribution is 2.11. The van der Waals surface area contributed by atoms with E-state index < -0.39 is 0 Å². The number of nitrogens with zero attached hydrogens (tertiary/aromatic N) is 2. The van der Waals surface area contributed by atoms with Gasteiger partial charge in [-0.05, 0) is 26.5 Å². The molecular formula is C16H27Cl2N3O. The van der Waals surface area contributed by atoms with Gasteiger partial charge in [-0.1, -0.05) is 30.3 Å². The number of likely N-dealkylation sites (N-methyl/N-ethyl adjacent to an activating group) is 1. The van der Waals surface area contributed by atoms with Crippen molar-refractivity contribution in [2.45, 2.75) is 32.5 Å². The summed E-state index contributed by atoms with van der Waals surface area (Å²) in [5, 5.41) is 3.32. The van der Waals surface area contributed by atoms with E-state index in [-0.39, 0.29) is 42.8 Å². The third kappa shape index (κ3) is 5.43. The molecule has 126 valence electrons. The predicted molar refractivity (Wildman–Crippen MR) is 95.9 cm³/mol. The molecule has 1 N–H and O–H groups in total. The van der Waals surface area contributed by atoms with Crippen LogP contribution >= 0.6 is 24.8 Å². The van der Waals surface area contributed by atoms with Crippen molar-refractivity contribution in [2.75, 3.05) is 26.7 Å². The molecule has 4 nitrogen and oxygen atoms in total. The van der Waals surface area contributed by atoms with Gasteiger partial charge in [0.25, 0.3) is 0 Å². The van der Waals surface area contributed by atoms with Crippen LogP contribution < -0.4 is 5.32 Å². The fourth-order valence-corrected chi connectivity index (χ4v) is 2.61. The molecule has 22 heavy (non-hydrogen) atoms. The van der Waals surface area contributed by atoms with Crippen molar-refractivity contribution in [3.8, 4) is 0 Å². The zero-order valence-corrected chi connectivity index (χ0v) is 15.1. The van der Waals surface area contributed by atoms with E-state index in [4.69, 9.17) is 0 Å².